The van der Waals surface area contributed by atoms with Crippen LogP contribution in [0.3, 0.4) is 0 Å². The number of H-pyrrole nitrogens is 2. The lowest BCUT2D eigenvalue weighted by molar-refractivity contribution is 1.05. The lowest BCUT2D eigenvalue weighted by atomic mass is 10.2. The Kier molecular flexibility index (Phi) is 1.73. The second-order valence-electron chi connectivity index (χ2n) is 3.18. The van der Waals surface area contributed by atoms with Crippen LogP contribution in [0.25, 0.3) is 10.9 Å². The van der Waals surface area contributed by atoms with Gasteiger partial charge in [0, 0.05) is 5.69 Å². The van der Waals surface area contributed by atoms with Crippen molar-refractivity contribution in [2.45, 2.75) is 13.8 Å². The van der Waals surface area contributed by atoms with Crippen LogP contribution in [0.5, 0.6) is 0 Å². The van der Waals surface area contributed by atoms with Crippen molar-refractivity contribution in [1.82, 2.24) is 15.0 Å². The molecule has 14 heavy (non-hydrogen) atoms. The van der Waals surface area contributed by atoms with Crippen LogP contribution in [0.2, 0.25) is 0 Å². The Hall–Kier alpha value is -1.91. The number of aromatic amines is 2. The molecule has 0 unspecified atom stereocenters. The molecule has 0 amide bonds. The quantitative estimate of drug-likeness (QED) is 0.625. The lowest BCUT2D eigenvalue weighted by Crippen LogP contribution is -2.22. The van der Waals surface area contributed by atoms with Gasteiger partial charge in [0.2, 0.25) is 0 Å². The molecular weight excluding hydrogens is 182 g/mol. The molecule has 2 aromatic rings. The summed E-state index contributed by atoms with van der Waals surface area (Å²) in [7, 11) is 0. The minimum absolute atomic E-state index is 0.377. The molecule has 2 rings (SSSR count). The number of fused-ring (bicyclic) bond motifs is 1. The molecule has 0 fully saturated rings. The molecule has 0 aliphatic carbocycles. The van der Waals surface area contributed by atoms with Crippen LogP contribution in [0.15, 0.2) is 15.7 Å². The fourth-order valence-corrected chi connectivity index (χ4v) is 1.48. The predicted molar refractivity (Wildman–Crippen MR) is 52.5 cm³/mol. The topological polar surface area (TPSA) is 78.6 Å². The molecule has 0 aliphatic rings. The summed E-state index contributed by atoms with van der Waals surface area (Å²) >= 11 is 0. The van der Waals surface area contributed by atoms with Crippen molar-refractivity contribution in [3.05, 3.63) is 38.3 Å². The first-order valence-corrected chi connectivity index (χ1v) is 4.18. The normalized spacial score (nSPS) is 10.7. The van der Waals surface area contributed by atoms with Gasteiger partial charge in [-0.25, -0.2) is 4.79 Å². The van der Waals surface area contributed by atoms with E-state index in [1.54, 1.807) is 19.9 Å². The number of hydrogen-bond acceptors (Lipinski definition) is 3. The summed E-state index contributed by atoms with van der Waals surface area (Å²) in [6, 6.07) is 1.65. The fourth-order valence-electron chi connectivity index (χ4n) is 1.48. The Labute approximate surface area is 78.8 Å². The van der Waals surface area contributed by atoms with Crippen LogP contribution in [-0.2, 0) is 0 Å². The average molecular weight is 191 g/mol. The van der Waals surface area contributed by atoms with Crippen LogP contribution in [0.1, 0.15) is 11.4 Å². The predicted octanol–water partition coefficient (Wildman–Crippen LogP) is 0.228. The lowest BCUT2D eigenvalue weighted by Gasteiger charge is -2.01. The van der Waals surface area contributed by atoms with E-state index in [1.807, 2.05) is 0 Å². The highest BCUT2D eigenvalue weighted by atomic mass is 16.2. The van der Waals surface area contributed by atoms with E-state index >= 15 is 0 Å². The Balaban J connectivity index is 3.10. The van der Waals surface area contributed by atoms with Gasteiger partial charge < -0.3 is 4.98 Å². The molecule has 5 heteroatoms. The van der Waals surface area contributed by atoms with Gasteiger partial charge in [0.05, 0.1) is 16.6 Å². The van der Waals surface area contributed by atoms with Gasteiger partial charge in [-0.05, 0) is 19.9 Å². The molecule has 0 saturated heterocycles. The zero-order chi connectivity index (χ0) is 10.3. The van der Waals surface area contributed by atoms with Gasteiger partial charge in [0.15, 0.2) is 0 Å². The van der Waals surface area contributed by atoms with Crippen molar-refractivity contribution >= 4 is 10.9 Å². The Bertz CT molecular complexity index is 609. The summed E-state index contributed by atoms with van der Waals surface area (Å²) in [5.74, 6) is 0. The molecule has 72 valence electrons. The van der Waals surface area contributed by atoms with Crippen molar-refractivity contribution in [3.8, 4) is 0 Å². The standard InChI is InChI=1S/C9H9N3O2/c1-4-3-6-7(5(2)10-4)11-9(14)12-8(6)13/h3H,1-2H3,(H2,11,12,13,14). The van der Waals surface area contributed by atoms with E-state index in [4.69, 9.17) is 0 Å². The molecule has 0 atom stereocenters. The largest absolute Gasteiger partial charge is 0.326 e. The zero-order valence-corrected chi connectivity index (χ0v) is 7.84. The molecule has 5 nitrogen and oxygen atoms in total. The van der Waals surface area contributed by atoms with Gasteiger partial charge in [-0.1, -0.05) is 0 Å². The number of rotatable bonds is 0. The number of nitrogens with one attached hydrogen (secondary N) is 2. The number of hydrogen-bond donors (Lipinski definition) is 2. The van der Waals surface area contributed by atoms with Crippen molar-refractivity contribution in [1.29, 1.82) is 0 Å². The highest BCUT2D eigenvalue weighted by Gasteiger charge is 2.04. The van der Waals surface area contributed by atoms with E-state index in [-0.39, 0.29) is 5.56 Å². The maximum atomic E-state index is 11.4. The minimum Gasteiger partial charge on any atom is -0.305 e. The number of pyridine rings is 1. The first-order valence-electron chi connectivity index (χ1n) is 4.18. The summed E-state index contributed by atoms with van der Waals surface area (Å²) in [6.45, 7) is 3.56. The zero-order valence-electron chi connectivity index (χ0n) is 7.84. The van der Waals surface area contributed by atoms with Crippen LogP contribution in [-0.4, -0.2) is 15.0 Å². The van der Waals surface area contributed by atoms with Crippen molar-refractivity contribution < 1.29 is 0 Å². The summed E-state index contributed by atoms with van der Waals surface area (Å²) in [6.07, 6.45) is 0. The molecule has 2 aromatic heterocycles. The van der Waals surface area contributed by atoms with E-state index in [9.17, 15) is 9.59 Å². The average Bonchev–Trinajstić information content (AvgIpc) is 2.07. The first kappa shape index (κ1) is 8.68. The van der Waals surface area contributed by atoms with Gasteiger partial charge in [-0.2, -0.15) is 0 Å². The van der Waals surface area contributed by atoms with E-state index in [0.29, 0.717) is 16.6 Å². The highest BCUT2D eigenvalue weighted by molar-refractivity contribution is 5.79. The van der Waals surface area contributed by atoms with E-state index in [1.165, 1.54) is 0 Å². The maximum Gasteiger partial charge on any atom is 0.326 e. The monoisotopic (exact) mass is 191 g/mol. The van der Waals surface area contributed by atoms with Gasteiger partial charge >= 0.3 is 5.69 Å². The molecule has 2 N–H and O–H groups in total. The summed E-state index contributed by atoms with van der Waals surface area (Å²) < 4.78 is 0. The van der Waals surface area contributed by atoms with Gasteiger partial charge in [0.25, 0.3) is 5.56 Å². The van der Waals surface area contributed by atoms with Crippen molar-refractivity contribution in [2.75, 3.05) is 0 Å². The molecule has 0 spiro atoms. The molecule has 0 aromatic carbocycles. The molecule has 0 aliphatic heterocycles. The van der Waals surface area contributed by atoms with Crippen LogP contribution >= 0.6 is 0 Å². The smallest absolute Gasteiger partial charge is 0.305 e. The maximum absolute atomic E-state index is 11.4. The third kappa shape index (κ3) is 1.22. The molecule has 2 heterocycles. The Morgan fingerprint density at radius 3 is 2.64 bits per heavy atom. The second kappa shape index (κ2) is 2.80. The summed E-state index contributed by atoms with van der Waals surface area (Å²) in [5, 5.41) is 0.467. The molecular formula is C9H9N3O2. The van der Waals surface area contributed by atoms with Gasteiger partial charge in [-0.3, -0.25) is 14.8 Å². The SMILES string of the molecule is Cc1cc2c(=O)[nH]c(=O)[nH]c2c(C)n1. The summed E-state index contributed by atoms with van der Waals surface area (Å²) in [5.41, 5.74) is 1.04. The van der Waals surface area contributed by atoms with Crippen molar-refractivity contribution in [2.24, 2.45) is 0 Å². The summed E-state index contributed by atoms with van der Waals surface area (Å²) in [4.78, 5) is 31.3. The number of aromatic nitrogens is 3. The molecule has 0 saturated carbocycles. The first-order chi connectivity index (χ1) is 6.58. The highest BCUT2D eigenvalue weighted by Crippen LogP contribution is 2.09. The second-order valence-corrected chi connectivity index (χ2v) is 3.18. The third-order valence-corrected chi connectivity index (χ3v) is 2.04. The number of aryl methyl sites for hydroxylation is 2. The van der Waals surface area contributed by atoms with Crippen LogP contribution < -0.4 is 11.2 Å². The third-order valence-electron chi connectivity index (χ3n) is 2.04. The van der Waals surface area contributed by atoms with E-state index in [2.05, 4.69) is 15.0 Å². The fraction of sp³-hybridized carbons (Fsp3) is 0.222. The van der Waals surface area contributed by atoms with Gasteiger partial charge in [0.1, 0.15) is 0 Å². The van der Waals surface area contributed by atoms with Crippen molar-refractivity contribution in [3.63, 3.8) is 0 Å². The minimum atomic E-state index is -0.503. The van der Waals surface area contributed by atoms with Gasteiger partial charge in [-0.15, -0.1) is 0 Å². The number of nitrogens with zero attached hydrogens (tertiary/aromatic N) is 1. The van der Waals surface area contributed by atoms with Crippen LogP contribution in [0, 0.1) is 13.8 Å². The van der Waals surface area contributed by atoms with Crippen LogP contribution in [0.4, 0.5) is 0 Å². The Morgan fingerprint density at radius 1 is 1.21 bits per heavy atom. The van der Waals surface area contributed by atoms with E-state index < -0.39 is 5.69 Å². The van der Waals surface area contributed by atoms with E-state index in [0.717, 1.165) is 5.69 Å². The molecule has 0 radical (unpaired) electrons. The molecule has 0 bridgehead atoms. The Morgan fingerprint density at radius 2 is 1.93 bits per heavy atom.